The molecule has 0 aliphatic heterocycles. The van der Waals surface area contributed by atoms with Crippen LogP contribution >= 0.6 is 11.6 Å². The van der Waals surface area contributed by atoms with Crippen molar-refractivity contribution < 1.29 is 18.6 Å². The van der Waals surface area contributed by atoms with Gasteiger partial charge in [-0.15, -0.1) is 0 Å². The van der Waals surface area contributed by atoms with Crippen molar-refractivity contribution >= 4 is 17.5 Å². The van der Waals surface area contributed by atoms with Crippen LogP contribution in [0.2, 0.25) is 5.02 Å². The summed E-state index contributed by atoms with van der Waals surface area (Å²) in [5.41, 5.74) is 0.0943. The quantitative estimate of drug-likeness (QED) is 0.591. The third kappa shape index (κ3) is 4.86. The maximum atomic E-state index is 13.4. The first-order valence-electron chi connectivity index (χ1n) is 7.66. The second kappa shape index (κ2) is 7.92. The Bertz CT molecular complexity index is 848. The van der Waals surface area contributed by atoms with E-state index in [2.05, 4.69) is 4.98 Å². The van der Waals surface area contributed by atoms with Crippen molar-refractivity contribution in [3.05, 3.63) is 51.4 Å². The molecule has 6 nitrogen and oxygen atoms in total. The molecule has 0 aliphatic rings. The van der Waals surface area contributed by atoms with Crippen LogP contribution in [0.1, 0.15) is 12.6 Å². The van der Waals surface area contributed by atoms with Crippen molar-refractivity contribution in [2.24, 2.45) is 0 Å². The van der Waals surface area contributed by atoms with Gasteiger partial charge in [-0.05, 0) is 24.3 Å². The average Bonchev–Trinajstić information content (AvgIpc) is 2.56. The van der Waals surface area contributed by atoms with Gasteiger partial charge >= 0.3 is 0 Å². The Labute approximate surface area is 153 Å². The van der Waals surface area contributed by atoms with Crippen molar-refractivity contribution in [3.8, 4) is 11.4 Å². The highest BCUT2D eigenvalue weighted by atomic mass is 35.5. The first-order valence-corrected chi connectivity index (χ1v) is 8.03. The predicted octanol–water partition coefficient (Wildman–Crippen LogP) is 2.75. The van der Waals surface area contributed by atoms with E-state index in [0.29, 0.717) is 17.5 Å². The van der Waals surface area contributed by atoms with Gasteiger partial charge in [-0.1, -0.05) is 11.6 Å². The van der Waals surface area contributed by atoms with Crippen LogP contribution in [0, 0.1) is 5.41 Å². The molecular weight excluding hydrogens is 368 g/mol. The molecule has 0 bridgehead atoms. The Hall–Kier alpha value is -2.32. The van der Waals surface area contributed by atoms with Crippen molar-refractivity contribution in [2.75, 3.05) is 7.11 Å². The molecule has 0 fully saturated rings. The number of methoxy groups -OCH3 is 1. The zero-order chi connectivity index (χ0) is 19.5. The minimum absolute atomic E-state index is 0.0281. The standard InChI is InChI=1S/C17H18ClF2N3O3/c1-17(19,20)13(24)9-23-15(25)8-12(7-14(21)26-2)22-16(23)10-3-5-11(18)6-4-10/h3-6,8,13,21,24H,7,9H2,1-2H3/t13-/m0/s1. The van der Waals surface area contributed by atoms with Gasteiger partial charge in [0.15, 0.2) is 5.90 Å². The number of aliphatic hydroxyl groups is 1. The normalized spacial score (nSPS) is 12.7. The van der Waals surface area contributed by atoms with Gasteiger partial charge in [0, 0.05) is 23.6 Å². The van der Waals surface area contributed by atoms with Gasteiger partial charge in [-0.3, -0.25) is 14.8 Å². The SMILES string of the molecule is COC(=N)Cc1cc(=O)n(C[C@H](O)C(C)(F)F)c(-c2ccc(Cl)cc2)n1. The van der Waals surface area contributed by atoms with Crippen LogP contribution in [-0.2, 0) is 17.7 Å². The summed E-state index contributed by atoms with van der Waals surface area (Å²) in [7, 11) is 1.32. The first-order chi connectivity index (χ1) is 12.1. The van der Waals surface area contributed by atoms with E-state index in [1.54, 1.807) is 24.3 Å². The maximum absolute atomic E-state index is 13.4. The Kier molecular flexibility index (Phi) is 6.09. The zero-order valence-electron chi connectivity index (χ0n) is 14.2. The van der Waals surface area contributed by atoms with Gasteiger partial charge in [-0.2, -0.15) is 0 Å². The van der Waals surface area contributed by atoms with Gasteiger partial charge in [-0.25, -0.2) is 13.8 Å². The van der Waals surface area contributed by atoms with E-state index in [-0.39, 0.29) is 23.8 Å². The molecule has 0 aliphatic carbocycles. The van der Waals surface area contributed by atoms with E-state index < -0.39 is 24.1 Å². The summed E-state index contributed by atoms with van der Waals surface area (Å²) >= 11 is 5.86. The zero-order valence-corrected chi connectivity index (χ0v) is 14.9. The second-order valence-electron chi connectivity index (χ2n) is 5.80. The number of nitrogens with zero attached hydrogens (tertiary/aromatic N) is 2. The second-order valence-corrected chi connectivity index (χ2v) is 6.24. The van der Waals surface area contributed by atoms with Crippen molar-refractivity contribution in [2.45, 2.75) is 31.9 Å². The smallest absolute Gasteiger partial charge is 0.272 e. The topological polar surface area (TPSA) is 88.2 Å². The van der Waals surface area contributed by atoms with E-state index in [9.17, 15) is 18.7 Å². The Morgan fingerprint density at radius 2 is 2.04 bits per heavy atom. The molecule has 0 radical (unpaired) electrons. The monoisotopic (exact) mass is 385 g/mol. The summed E-state index contributed by atoms with van der Waals surface area (Å²) in [5.74, 6) is -3.39. The molecule has 2 N–H and O–H groups in total. The molecule has 1 aromatic heterocycles. The molecule has 0 unspecified atom stereocenters. The van der Waals surface area contributed by atoms with Crippen LogP contribution < -0.4 is 5.56 Å². The lowest BCUT2D eigenvalue weighted by Crippen LogP contribution is -2.38. The summed E-state index contributed by atoms with van der Waals surface area (Å²) in [6.07, 6.45) is -2.09. The molecule has 26 heavy (non-hydrogen) atoms. The maximum Gasteiger partial charge on any atom is 0.272 e. The highest BCUT2D eigenvalue weighted by Gasteiger charge is 2.33. The lowest BCUT2D eigenvalue weighted by molar-refractivity contribution is -0.0993. The highest BCUT2D eigenvalue weighted by Crippen LogP contribution is 2.23. The number of rotatable bonds is 6. The Balaban J connectivity index is 2.56. The minimum atomic E-state index is -3.38. The number of aliphatic hydroxyl groups excluding tert-OH is 1. The Morgan fingerprint density at radius 3 is 2.58 bits per heavy atom. The lowest BCUT2D eigenvalue weighted by Gasteiger charge is -2.21. The van der Waals surface area contributed by atoms with E-state index in [1.165, 1.54) is 7.11 Å². The van der Waals surface area contributed by atoms with Crippen LogP contribution in [0.15, 0.2) is 35.1 Å². The molecule has 140 valence electrons. The third-order valence-corrected chi connectivity index (χ3v) is 3.94. The van der Waals surface area contributed by atoms with E-state index in [0.717, 1.165) is 10.6 Å². The van der Waals surface area contributed by atoms with E-state index >= 15 is 0 Å². The number of aromatic nitrogens is 2. The molecular formula is C17H18ClF2N3O3. The van der Waals surface area contributed by atoms with Crippen LogP contribution in [0.3, 0.4) is 0 Å². The lowest BCUT2D eigenvalue weighted by atomic mass is 10.1. The molecule has 9 heteroatoms. The van der Waals surface area contributed by atoms with Crippen molar-refractivity contribution in [1.29, 1.82) is 5.41 Å². The van der Waals surface area contributed by atoms with Crippen LogP contribution in [0.25, 0.3) is 11.4 Å². The fraction of sp³-hybridized carbons (Fsp3) is 0.353. The van der Waals surface area contributed by atoms with Crippen molar-refractivity contribution in [1.82, 2.24) is 9.55 Å². The molecule has 0 saturated carbocycles. The summed E-state index contributed by atoms with van der Waals surface area (Å²) in [6.45, 7) is -0.0539. The number of hydrogen-bond donors (Lipinski definition) is 2. The number of hydrogen-bond acceptors (Lipinski definition) is 5. The van der Waals surface area contributed by atoms with Crippen LogP contribution in [0.4, 0.5) is 8.78 Å². The average molecular weight is 386 g/mol. The van der Waals surface area contributed by atoms with Gasteiger partial charge in [0.05, 0.1) is 25.8 Å². The van der Waals surface area contributed by atoms with Gasteiger partial charge in [0.2, 0.25) is 0 Å². The van der Waals surface area contributed by atoms with Crippen LogP contribution in [0.5, 0.6) is 0 Å². The molecule has 2 aromatic rings. The van der Waals surface area contributed by atoms with Gasteiger partial charge in [0.25, 0.3) is 11.5 Å². The molecule has 1 aromatic carbocycles. The summed E-state index contributed by atoms with van der Waals surface area (Å²) in [4.78, 5) is 16.8. The summed E-state index contributed by atoms with van der Waals surface area (Å²) < 4.78 is 32.5. The fourth-order valence-corrected chi connectivity index (χ4v) is 2.34. The molecule has 1 atom stereocenters. The van der Waals surface area contributed by atoms with E-state index in [4.69, 9.17) is 21.7 Å². The molecule has 2 rings (SSSR count). The molecule has 0 saturated heterocycles. The fourth-order valence-electron chi connectivity index (χ4n) is 2.21. The number of ether oxygens (including phenoxy) is 1. The van der Waals surface area contributed by atoms with Gasteiger partial charge in [0.1, 0.15) is 11.9 Å². The first kappa shape index (κ1) is 20.0. The highest BCUT2D eigenvalue weighted by molar-refractivity contribution is 6.30. The van der Waals surface area contributed by atoms with Gasteiger partial charge < -0.3 is 9.84 Å². The third-order valence-electron chi connectivity index (χ3n) is 3.69. The number of benzene rings is 1. The summed E-state index contributed by atoms with van der Waals surface area (Å²) in [5, 5.41) is 17.7. The molecule has 0 amide bonds. The summed E-state index contributed by atoms with van der Waals surface area (Å²) in [6, 6.07) is 7.45. The largest absolute Gasteiger partial charge is 0.484 e. The van der Waals surface area contributed by atoms with E-state index in [1.807, 2.05) is 0 Å². The minimum Gasteiger partial charge on any atom is -0.484 e. The number of nitrogens with one attached hydrogen (secondary N) is 1. The van der Waals surface area contributed by atoms with Crippen molar-refractivity contribution in [3.63, 3.8) is 0 Å². The number of alkyl halides is 2. The molecule has 0 spiro atoms. The number of halogens is 3. The molecule has 1 heterocycles. The Morgan fingerprint density at radius 1 is 1.42 bits per heavy atom. The predicted molar refractivity (Wildman–Crippen MR) is 94.0 cm³/mol. The van der Waals surface area contributed by atoms with Crippen LogP contribution in [-0.4, -0.2) is 39.7 Å².